The molecule has 110 valence electrons. The first-order valence-electron chi connectivity index (χ1n) is 6.39. The molecule has 0 fully saturated rings. The summed E-state index contributed by atoms with van der Waals surface area (Å²) in [4.78, 5) is 24.6. The van der Waals surface area contributed by atoms with Gasteiger partial charge >= 0.3 is 12.0 Å². The summed E-state index contributed by atoms with van der Waals surface area (Å²) in [5.74, 6) is -0.613. The standard InChI is InChI=1S/C14H19BrN2O3/c1-4-9(2)8-17(3)14(20)16-12-6-10(13(18)19)5-11(15)7-12/h5-7,9H,4,8H2,1-3H3,(H,16,20)(H,18,19). The summed E-state index contributed by atoms with van der Waals surface area (Å²) in [5.41, 5.74) is 0.581. The maximum absolute atomic E-state index is 12.0. The summed E-state index contributed by atoms with van der Waals surface area (Å²) in [7, 11) is 1.72. The maximum atomic E-state index is 12.0. The minimum absolute atomic E-state index is 0.124. The van der Waals surface area contributed by atoms with Crippen LogP contribution in [0.5, 0.6) is 0 Å². The fourth-order valence-corrected chi connectivity index (χ4v) is 2.18. The lowest BCUT2D eigenvalue weighted by molar-refractivity contribution is 0.0697. The molecule has 0 saturated heterocycles. The van der Waals surface area contributed by atoms with E-state index in [1.807, 2.05) is 0 Å². The highest BCUT2D eigenvalue weighted by molar-refractivity contribution is 9.10. The number of nitrogens with one attached hydrogen (secondary N) is 1. The zero-order valence-corrected chi connectivity index (χ0v) is 13.4. The average molecular weight is 343 g/mol. The van der Waals surface area contributed by atoms with Crippen LogP contribution in [0, 0.1) is 5.92 Å². The van der Waals surface area contributed by atoms with Crippen LogP contribution in [-0.2, 0) is 0 Å². The highest BCUT2D eigenvalue weighted by Crippen LogP contribution is 2.20. The van der Waals surface area contributed by atoms with Gasteiger partial charge in [0, 0.05) is 23.8 Å². The molecule has 0 aromatic heterocycles. The predicted molar refractivity (Wildman–Crippen MR) is 82.2 cm³/mol. The molecule has 0 aliphatic carbocycles. The molecule has 0 bridgehead atoms. The first-order chi connectivity index (χ1) is 9.33. The van der Waals surface area contributed by atoms with Gasteiger partial charge in [-0.3, -0.25) is 0 Å². The predicted octanol–water partition coefficient (Wildman–Crippen LogP) is 3.66. The van der Waals surface area contributed by atoms with Gasteiger partial charge in [0.2, 0.25) is 0 Å². The summed E-state index contributed by atoms with van der Waals surface area (Å²) < 4.78 is 0.609. The fraction of sp³-hybridized carbons (Fsp3) is 0.429. The zero-order chi connectivity index (χ0) is 15.3. The number of carbonyl (C=O) groups is 2. The summed E-state index contributed by atoms with van der Waals surface area (Å²) in [6.45, 7) is 4.80. The van der Waals surface area contributed by atoms with Crippen molar-refractivity contribution in [3.05, 3.63) is 28.2 Å². The van der Waals surface area contributed by atoms with Crippen molar-refractivity contribution in [1.29, 1.82) is 0 Å². The van der Waals surface area contributed by atoms with Crippen LogP contribution in [0.1, 0.15) is 30.6 Å². The van der Waals surface area contributed by atoms with Crippen molar-refractivity contribution in [2.75, 3.05) is 18.9 Å². The molecule has 20 heavy (non-hydrogen) atoms. The normalized spacial score (nSPS) is 11.8. The number of hydrogen-bond acceptors (Lipinski definition) is 2. The molecule has 0 spiro atoms. The summed E-state index contributed by atoms with van der Waals surface area (Å²) in [6, 6.07) is 4.34. The van der Waals surface area contributed by atoms with E-state index in [-0.39, 0.29) is 11.6 Å². The second-order valence-corrected chi connectivity index (χ2v) is 5.77. The number of urea groups is 1. The van der Waals surface area contributed by atoms with Crippen LogP contribution < -0.4 is 5.32 Å². The molecule has 1 atom stereocenters. The monoisotopic (exact) mass is 342 g/mol. The number of carboxylic acid groups (broad SMARTS) is 1. The molecule has 0 saturated carbocycles. The van der Waals surface area contributed by atoms with E-state index < -0.39 is 5.97 Å². The molecule has 0 aliphatic heterocycles. The summed E-state index contributed by atoms with van der Waals surface area (Å²) >= 11 is 3.23. The van der Waals surface area contributed by atoms with E-state index in [1.165, 1.54) is 12.1 Å². The van der Waals surface area contributed by atoms with Crippen LogP contribution in [0.2, 0.25) is 0 Å². The highest BCUT2D eigenvalue weighted by atomic mass is 79.9. The first-order valence-corrected chi connectivity index (χ1v) is 7.18. The second-order valence-electron chi connectivity index (χ2n) is 4.86. The third-order valence-electron chi connectivity index (χ3n) is 3.03. The number of aromatic carboxylic acids is 1. The van der Waals surface area contributed by atoms with Crippen LogP contribution >= 0.6 is 15.9 Å². The number of carbonyl (C=O) groups excluding carboxylic acids is 1. The molecule has 0 aliphatic rings. The van der Waals surface area contributed by atoms with Gasteiger partial charge in [-0.15, -0.1) is 0 Å². The zero-order valence-electron chi connectivity index (χ0n) is 11.8. The van der Waals surface area contributed by atoms with Crippen molar-refractivity contribution >= 4 is 33.6 Å². The molecule has 0 radical (unpaired) electrons. The smallest absolute Gasteiger partial charge is 0.335 e. The van der Waals surface area contributed by atoms with Gasteiger partial charge in [0.15, 0.2) is 0 Å². The Bertz CT molecular complexity index is 505. The number of hydrogen-bond donors (Lipinski definition) is 2. The van der Waals surface area contributed by atoms with Crippen LogP contribution in [0.25, 0.3) is 0 Å². The Labute approximate surface area is 127 Å². The molecule has 6 heteroatoms. The van der Waals surface area contributed by atoms with Crippen LogP contribution in [0.3, 0.4) is 0 Å². The Morgan fingerprint density at radius 1 is 1.40 bits per heavy atom. The number of benzene rings is 1. The number of nitrogens with zero attached hydrogens (tertiary/aromatic N) is 1. The van der Waals surface area contributed by atoms with E-state index in [0.29, 0.717) is 22.6 Å². The Hall–Kier alpha value is -1.56. The van der Waals surface area contributed by atoms with Crippen molar-refractivity contribution in [3.8, 4) is 0 Å². The van der Waals surface area contributed by atoms with Crippen molar-refractivity contribution in [3.63, 3.8) is 0 Å². The van der Waals surface area contributed by atoms with Gasteiger partial charge in [-0.1, -0.05) is 36.2 Å². The van der Waals surface area contributed by atoms with Gasteiger partial charge in [0.1, 0.15) is 0 Å². The summed E-state index contributed by atoms with van der Waals surface area (Å²) in [6.07, 6.45) is 0.998. The third-order valence-corrected chi connectivity index (χ3v) is 3.48. The highest BCUT2D eigenvalue weighted by Gasteiger charge is 2.13. The number of carboxylic acids is 1. The van der Waals surface area contributed by atoms with Crippen LogP contribution in [0.15, 0.2) is 22.7 Å². The van der Waals surface area contributed by atoms with Crippen molar-refractivity contribution in [2.24, 2.45) is 5.92 Å². The van der Waals surface area contributed by atoms with Gasteiger partial charge in [-0.25, -0.2) is 9.59 Å². The Morgan fingerprint density at radius 3 is 2.60 bits per heavy atom. The van der Waals surface area contributed by atoms with Crippen LogP contribution in [0.4, 0.5) is 10.5 Å². The lowest BCUT2D eigenvalue weighted by atomic mass is 10.1. The Kier molecular flexibility index (Phi) is 6.01. The molecule has 2 N–H and O–H groups in total. The lowest BCUT2D eigenvalue weighted by Gasteiger charge is -2.21. The van der Waals surface area contributed by atoms with E-state index >= 15 is 0 Å². The quantitative estimate of drug-likeness (QED) is 0.857. The number of halogens is 1. The van der Waals surface area contributed by atoms with E-state index in [4.69, 9.17) is 5.11 Å². The van der Waals surface area contributed by atoms with Crippen molar-refractivity contribution in [1.82, 2.24) is 4.90 Å². The number of amides is 2. The van der Waals surface area contributed by atoms with Gasteiger partial charge in [-0.2, -0.15) is 0 Å². The van der Waals surface area contributed by atoms with E-state index in [1.54, 1.807) is 18.0 Å². The molecule has 1 unspecified atom stereocenters. The lowest BCUT2D eigenvalue weighted by Crippen LogP contribution is -2.34. The largest absolute Gasteiger partial charge is 0.478 e. The summed E-state index contributed by atoms with van der Waals surface area (Å²) in [5, 5.41) is 11.7. The van der Waals surface area contributed by atoms with Gasteiger partial charge in [0.05, 0.1) is 5.56 Å². The molecule has 1 aromatic carbocycles. The van der Waals surface area contributed by atoms with E-state index in [0.717, 1.165) is 6.42 Å². The second kappa shape index (κ2) is 7.28. The van der Waals surface area contributed by atoms with Gasteiger partial charge < -0.3 is 15.3 Å². The molecule has 0 heterocycles. The molecular formula is C14H19BrN2O3. The van der Waals surface area contributed by atoms with E-state index in [9.17, 15) is 9.59 Å². The first kappa shape index (κ1) is 16.5. The minimum Gasteiger partial charge on any atom is -0.478 e. The van der Waals surface area contributed by atoms with E-state index in [2.05, 4.69) is 35.1 Å². The minimum atomic E-state index is -1.03. The average Bonchev–Trinajstić information content (AvgIpc) is 2.37. The van der Waals surface area contributed by atoms with Crippen molar-refractivity contribution in [2.45, 2.75) is 20.3 Å². The van der Waals surface area contributed by atoms with Crippen molar-refractivity contribution < 1.29 is 14.7 Å². The Morgan fingerprint density at radius 2 is 2.05 bits per heavy atom. The number of anilines is 1. The topological polar surface area (TPSA) is 69.6 Å². The van der Waals surface area contributed by atoms with Gasteiger partial charge in [0.25, 0.3) is 0 Å². The molecular weight excluding hydrogens is 324 g/mol. The third kappa shape index (κ3) is 4.85. The fourth-order valence-electron chi connectivity index (χ4n) is 1.68. The Balaban J connectivity index is 2.77. The number of rotatable bonds is 5. The molecule has 2 amide bonds. The maximum Gasteiger partial charge on any atom is 0.335 e. The van der Waals surface area contributed by atoms with Gasteiger partial charge in [-0.05, 0) is 24.1 Å². The molecule has 1 aromatic rings. The molecule has 1 rings (SSSR count). The SMILES string of the molecule is CCC(C)CN(C)C(=O)Nc1cc(Br)cc(C(=O)O)c1. The van der Waals surface area contributed by atoms with Crippen LogP contribution in [-0.4, -0.2) is 35.6 Å². The molecule has 5 nitrogen and oxygen atoms in total.